The fraction of sp³-hybridized carbons (Fsp3) is 0.500. The number of esters is 1. The number of ether oxygens (including phenoxy) is 1. The van der Waals surface area contributed by atoms with Gasteiger partial charge in [-0.1, -0.05) is 6.58 Å². The number of unbranched alkanes of at least 4 members (excludes halogenated alkanes) is 1. The topological polar surface area (TPSA) is 104 Å². The molecule has 0 fully saturated rings. The fourth-order valence-electron chi connectivity index (χ4n) is 1.68. The third-order valence-electron chi connectivity index (χ3n) is 2.55. The van der Waals surface area contributed by atoms with Crippen molar-refractivity contribution >= 4 is 18.2 Å². The number of nitrogens with one attached hydrogen (secondary N) is 2. The lowest BCUT2D eigenvalue weighted by Crippen LogP contribution is -2.25. The van der Waals surface area contributed by atoms with Gasteiger partial charge in [0.05, 0.1) is 17.3 Å². The van der Waals surface area contributed by atoms with Gasteiger partial charge in [-0.05, 0) is 31.4 Å². The zero-order chi connectivity index (χ0) is 14.3. The standard InChI is InChI=1S/C12H17N3O4/c1-3-19-10(16)7-5-4-6-9(15-18)11-8(2)13-12(17)14-11/h2-7H2,1H3,(H2,13,14,17)/b11-9-. The van der Waals surface area contributed by atoms with Crippen LogP contribution in [0.4, 0.5) is 0 Å². The average molecular weight is 267 g/mol. The summed E-state index contributed by atoms with van der Waals surface area (Å²) in [5, 5.41) is 3.57. The molecule has 0 aliphatic carbocycles. The van der Waals surface area contributed by atoms with Crippen LogP contribution in [0.2, 0.25) is 0 Å². The molecule has 0 radical (unpaired) electrons. The molecule has 0 aliphatic rings. The van der Waals surface area contributed by atoms with Crippen molar-refractivity contribution in [2.24, 2.45) is 5.18 Å². The van der Waals surface area contributed by atoms with E-state index in [1.807, 2.05) is 0 Å². The van der Waals surface area contributed by atoms with E-state index in [9.17, 15) is 14.5 Å². The van der Waals surface area contributed by atoms with Crippen molar-refractivity contribution in [3.05, 3.63) is 26.1 Å². The molecule has 0 spiro atoms. The monoisotopic (exact) mass is 267 g/mol. The van der Waals surface area contributed by atoms with Crippen molar-refractivity contribution in [1.82, 2.24) is 9.97 Å². The Bertz CT molecular complexity index is 599. The fourth-order valence-corrected chi connectivity index (χ4v) is 1.68. The molecular weight excluding hydrogens is 250 g/mol. The predicted octanol–water partition coefficient (Wildman–Crippen LogP) is 0.111. The molecule has 1 aromatic heterocycles. The third-order valence-corrected chi connectivity index (χ3v) is 2.55. The Labute approximate surface area is 109 Å². The third kappa shape index (κ3) is 4.53. The molecule has 104 valence electrons. The zero-order valence-corrected chi connectivity index (χ0v) is 10.8. The van der Waals surface area contributed by atoms with E-state index in [4.69, 9.17) is 4.74 Å². The second-order valence-corrected chi connectivity index (χ2v) is 3.98. The summed E-state index contributed by atoms with van der Waals surface area (Å²) in [4.78, 5) is 37.8. The van der Waals surface area contributed by atoms with Crippen LogP contribution in [-0.2, 0) is 9.53 Å². The van der Waals surface area contributed by atoms with E-state index in [-0.39, 0.29) is 11.7 Å². The number of carbonyl (C=O) groups excluding carboxylic acids is 1. The van der Waals surface area contributed by atoms with Crippen LogP contribution in [0.1, 0.15) is 32.6 Å². The highest BCUT2D eigenvalue weighted by atomic mass is 16.5. The molecule has 1 heterocycles. The zero-order valence-electron chi connectivity index (χ0n) is 10.8. The largest absolute Gasteiger partial charge is 0.466 e. The maximum Gasteiger partial charge on any atom is 0.323 e. The van der Waals surface area contributed by atoms with Crippen LogP contribution >= 0.6 is 0 Å². The van der Waals surface area contributed by atoms with Crippen LogP contribution in [0.15, 0.2) is 9.97 Å². The lowest BCUT2D eigenvalue weighted by atomic mass is 10.1. The molecule has 0 atom stereocenters. The highest BCUT2D eigenvalue weighted by Gasteiger charge is 2.05. The van der Waals surface area contributed by atoms with Gasteiger partial charge in [0.1, 0.15) is 5.70 Å². The van der Waals surface area contributed by atoms with Gasteiger partial charge < -0.3 is 14.7 Å². The molecule has 0 saturated heterocycles. The number of rotatable bonds is 7. The summed E-state index contributed by atoms with van der Waals surface area (Å²) in [6.45, 7) is 5.72. The summed E-state index contributed by atoms with van der Waals surface area (Å²) in [6.07, 6.45) is 1.88. The molecule has 7 heteroatoms. The molecule has 7 nitrogen and oxygen atoms in total. The van der Waals surface area contributed by atoms with Gasteiger partial charge >= 0.3 is 11.7 Å². The molecular formula is C12H17N3O4. The molecule has 0 aromatic carbocycles. The molecule has 0 bridgehead atoms. The molecule has 1 aromatic rings. The SMILES string of the molecule is C=c1[nH]c(=O)[nH]/c1=C(/CCCCC(=O)OCC)N=O. The van der Waals surface area contributed by atoms with Crippen molar-refractivity contribution in [1.29, 1.82) is 0 Å². The Morgan fingerprint density at radius 1 is 1.32 bits per heavy atom. The van der Waals surface area contributed by atoms with E-state index in [1.165, 1.54) is 0 Å². The summed E-state index contributed by atoms with van der Waals surface area (Å²) in [7, 11) is 0. The van der Waals surface area contributed by atoms with E-state index in [0.29, 0.717) is 43.0 Å². The number of hydrogen-bond donors (Lipinski definition) is 2. The number of aromatic amines is 2. The van der Waals surface area contributed by atoms with Crippen molar-refractivity contribution in [3.8, 4) is 0 Å². The van der Waals surface area contributed by atoms with Crippen LogP contribution in [0.3, 0.4) is 0 Å². The quantitative estimate of drug-likeness (QED) is 0.415. The first-order valence-corrected chi connectivity index (χ1v) is 6.07. The van der Waals surface area contributed by atoms with Crippen molar-refractivity contribution < 1.29 is 9.53 Å². The Kier molecular flexibility index (Phi) is 5.72. The Morgan fingerprint density at radius 2 is 2.00 bits per heavy atom. The summed E-state index contributed by atoms with van der Waals surface area (Å²) in [5.74, 6) is -0.254. The predicted molar refractivity (Wildman–Crippen MR) is 70.5 cm³/mol. The second-order valence-electron chi connectivity index (χ2n) is 3.98. The minimum absolute atomic E-state index is 0.229. The molecule has 0 amide bonds. The average Bonchev–Trinajstić information content (AvgIpc) is 2.69. The molecule has 0 aliphatic heterocycles. The summed E-state index contributed by atoms with van der Waals surface area (Å²) in [5.41, 5.74) is -0.195. The number of nitrogens with zero attached hydrogens (tertiary/aromatic N) is 1. The molecule has 0 unspecified atom stereocenters. The van der Waals surface area contributed by atoms with Crippen molar-refractivity contribution in [2.45, 2.75) is 32.6 Å². The van der Waals surface area contributed by atoms with Gasteiger partial charge in [-0.15, -0.1) is 4.91 Å². The lowest BCUT2D eigenvalue weighted by Gasteiger charge is -2.01. The van der Waals surface area contributed by atoms with Gasteiger partial charge in [-0.3, -0.25) is 4.79 Å². The van der Waals surface area contributed by atoms with Crippen LogP contribution < -0.4 is 16.4 Å². The Hall–Kier alpha value is -2.18. The number of hydrogen-bond acceptors (Lipinski definition) is 5. The minimum atomic E-state index is -0.423. The molecule has 2 N–H and O–H groups in total. The van der Waals surface area contributed by atoms with Gasteiger partial charge in [0.2, 0.25) is 0 Å². The maximum atomic E-state index is 11.1. The molecule has 0 saturated carbocycles. The van der Waals surface area contributed by atoms with Gasteiger partial charge in [0.25, 0.3) is 0 Å². The van der Waals surface area contributed by atoms with Gasteiger partial charge in [0, 0.05) is 6.42 Å². The van der Waals surface area contributed by atoms with Crippen LogP contribution in [0.5, 0.6) is 0 Å². The molecule has 1 rings (SSSR count). The first kappa shape index (κ1) is 14.9. The Morgan fingerprint density at radius 3 is 2.53 bits per heavy atom. The maximum absolute atomic E-state index is 11.1. The summed E-state index contributed by atoms with van der Waals surface area (Å²) < 4.78 is 4.79. The van der Waals surface area contributed by atoms with E-state index in [1.54, 1.807) is 6.92 Å². The smallest absolute Gasteiger partial charge is 0.323 e. The number of carbonyl (C=O) groups is 1. The van der Waals surface area contributed by atoms with Gasteiger partial charge in [-0.25, -0.2) is 4.79 Å². The number of H-pyrrole nitrogens is 2. The van der Waals surface area contributed by atoms with Crippen LogP contribution in [-0.4, -0.2) is 22.5 Å². The van der Waals surface area contributed by atoms with Gasteiger partial charge in [0.15, 0.2) is 0 Å². The summed E-state index contributed by atoms with van der Waals surface area (Å²) in [6, 6.07) is 0. The highest BCUT2D eigenvalue weighted by Crippen LogP contribution is 2.09. The van der Waals surface area contributed by atoms with E-state index < -0.39 is 5.69 Å². The first-order valence-electron chi connectivity index (χ1n) is 6.07. The van der Waals surface area contributed by atoms with E-state index >= 15 is 0 Å². The van der Waals surface area contributed by atoms with Crippen molar-refractivity contribution in [3.63, 3.8) is 0 Å². The lowest BCUT2D eigenvalue weighted by molar-refractivity contribution is -0.143. The summed E-state index contributed by atoms with van der Waals surface area (Å²) >= 11 is 0. The van der Waals surface area contributed by atoms with E-state index in [2.05, 4.69) is 21.7 Å². The molecule has 19 heavy (non-hydrogen) atoms. The van der Waals surface area contributed by atoms with Gasteiger partial charge in [-0.2, -0.15) is 0 Å². The van der Waals surface area contributed by atoms with Crippen LogP contribution in [0.25, 0.3) is 12.3 Å². The first-order chi connectivity index (χ1) is 9.08. The highest BCUT2D eigenvalue weighted by molar-refractivity contribution is 5.69. The van der Waals surface area contributed by atoms with Crippen LogP contribution in [0, 0.1) is 4.91 Å². The minimum Gasteiger partial charge on any atom is -0.466 e. The Balaban J connectivity index is 2.60. The number of nitroso groups, excluding NO2 is 1. The van der Waals surface area contributed by atoms with Crippen molar-refractivity contribution in [2.75, 3.05) is 6.61 Å². The van der Waals surface area contributed by atoms with E-state index in [0.717, 1.165) is 0 Å². The normalized spacial score (nSPS) is 12.1. The number of imidazole rings is 1. The second kappa shape index (κ2) is 7.30. The number of aromatic nitrogens is 2.